The second kappa shape index (κ2) is 12.5. The van der Waals surface area contributed by atoms with Crippen LogP contribution in [0.2, 0.25) is 0 Å². The Hall–Kier alpha value is -3.97. The smallest absolute Gasteiger partial charge is 0.326 e. The third-order valence-corrected chi connectivity index (χ3v) is 5.14. The van der Waals surface area contributed by atoms with Gasteiger partial charge < -0.3 is 42.0 Å². The number of H-pyrrole nitrogens is 1. The Morgan fingerprint density at radius 2 is 1.66 bits per heavy atom. The van der Waals surface area contributed by atoms with Gasteiger partial charge in [-0.05, 0) is 38.0 Å². The van der Waals surface area contributed by atoms with Crippen LogP contribution in [0.4, 0.5) is 0 Å². The summed E-state index contributed by atoms with van der Waals surface area (Å²) in [7, 11) is 0. The zero-order valence-electron chi connectivity index (χ0n) is 19.3. The highest BCUT2D eigenvalue weighted by molar-refractivity contribution is 5.94. The molecule has 3 amide bonds. The fraction of sp³-hybridized carbons (Fsp3) is 0.409. The maximum absolute atomic E-state index is 12.7. The second-order valence-corrected chi connectivity index (χ2v) is 8.11. The van der Waals surface area contributed by atoms with Gasteiger partial charge in [-0.15, -0.1) is 0 Å². The van der Waals surface area contributed by atoms with E-state index in [0.29, 0.717) is 11.3 Å². The Morgan fingerprint density at radius 3 is 2.20 bits per heavy atom. The maximum atomic E-state index is 12.7. The molecule has 2 aromatic rings. The number of aromatic nitrogens is 2. The quantitative estimate of drug-likeness (QED) is 0.167. The molecule has 0 aliphatic rings. The molecular formula is C22H30N6O7. The van der Waals surface area contributed by atoms with Gasteiger partial charge in [0.05, 0.1) is 18.5 Å². The minimum Gasteiger partial charge on any atom is -0.508 e. The number of amides is 3. The molecule has 0 spiro atoms. The van der Waals surface area contributed by atoms with Crippen molar-refractivity contribution < 1.29 is 34.5 Å². The predicted octanol–water partition coefficient (Wildman–Crippen LogP) is -1.83. The molecule has 13 heteroatoms. The van der Waals surface area contributed by atoms with Crippen LogP contribution in [0.15, 0.2) is 36.8 Å². The van der Waals surface area contributed by atoms with Crippen molar-refractivity contribution in [2.45, 2.75) is 57.0 Å². The van der Waals surface area contributed by atoms with Crippen molar-refractivity contribution in [2.75, 3.05) is 0 Å². The summed E-state index contributed by atoms with van der Waals surface area (Å²) in [5, 5.41) is 35.8. The number of carbonyl (C=O) groups is 4. The fourth-order valence-corrected chi connectivity index (χ4v) is 3.13. The molecule has 1 aromatic heterocycles. The van der Waals surface area contributed by atoms with Gasteiger partial charge in [0.1, 0.15) is 23.9 Å². The van der Waals surface area contributed by atoms with E-state index in [4.69, 9.17) is 5.73 Å². The average molecular weight is 491 g/mol. The molecular weight excluding hydrogens is 460 g/mol. The van der Waals surface area contributed by atoms with Crippen molar-refractivity contribution in [3.05, 3.63) is 48.0 Å². The van der Waals surface area contributed by atoms with Crippen LogP contribution in [-0.4, -0.2) is 79.2 Å². The number of aliphatic carboxylic acids is 1. The number of carboxylic acid groups (broad SMARTS) is 1. The van der Waals surface area contributed by atoms with Gasteiger partial charge in [-0.3, -0.25) is 14.4 Å². The van der Waals surface area contributed by atoms with Crippen LogP contribution < -0.4 is 21.7 Å². The van der Waals surface area contributed by atoms with Crippen molar-refractivity contribution in [3.63, 3.8) is 0 Å². The molecule has 1 aromatic carbocycles. The standard InChI is InChI=1S/C22H30N6O7/c1-11(19(31)27-17(22(34)35)8-14-9-24-10-25-14)26-21(33)18(12(2)29)28-20(32)16(23)7-13-3-5-15(30)6-4-13/h3-6,9-12,16-18,29-30H,7-8,23H2,1-2H3,(H,24,25)(H,26,33)(H,27,31)(H,28,32)(H,34,35). The zero-order chi connectivity index (χ0) is 26.1. The maximum Gasteiger partial charge on any atom is 0.326 e. The van der Waals surface area contributed by atoms with Gasteiger partial charge in [0.25, 0.3) is 0 Å². The summed E-state index contributed by atoms with van der Waals surface area (Å²) in [5.74, 6) is -3.55. The van der Waals surface area contributed by atoms with E-state index in [1.54, 1.807) is 12.1 Å². The first-order chi connectivity index (χ1) is 16.5. The third-order valence-electron chi connectivity index (χ3n) is 5.14. The molecule has 0 aliphatic heterocycles. The largest absolute Gasteiger partial charge is 0.508 e. The molecule has 1 heterocycles. The zero-order valence-corrected chi connectivity index (χ0v) is 19.3. The lowest BCUT2D eigenvalue weighted by molar-refractivity contribution is -0.142. The number of hydrogen-bond acceptors (Lipinski definition) is 8. The summed E-state index contributed by atoms with van der Waals surface area (Å²) in [4.78, 5) is 55.7. The van der Waals surface area contributed by atoms with Crippen LogP contribution >= 0.6 is 0 Å². The number of aromatic hydroxyl groups is 1. The van der Waals surface area contributed by atoms with Crippen LogP contribution in [0, 0.1) is 0 Å². The number of nitrogens with two attached hydrogens (primary N) is 1. The van der Waals surface area contributed by atoms with Crippen LogP contribution in [0.1, 0.15) is 25.1 Å². The Labute approximate surface area is 201 Å². The normalized spacial score (nSPS) is 15.2. The van der Waals surface area contributed by atoms with Gasteiger partial charge in [-0.1, -0.05) is 12.1 Å². The van der Waals surface area contributed by atoms with E-state index < -0.39 is 54.0 Å². The Bertz CT molecular complexity index is 1010. The number of nitrogens with zero attached hydrogens (tertiary/aromatic N) is 1. The topological polar surface area (TPSA) is 220 Å². The number of hydrogen-bond donors (Lipinski definition) is 8. The van der Waals surface area contributed by atoms with E-state index in [0.717, 1.165) is 0 Å². The number of rotatable bonds is 12. The van der Waals surface area contributed by atoms with Crippen LogP contribution in [0.5, 0.6) is 5.75 Å². The van der Waals surface area contributed by atoms with Gasteiger partial charge in [-0.25, -0.2) is 9.78 Å². The molecule has 35 heavy (non-hydrogen) atoms. The predicted molar refractivity (Wildman–Crippen MR) is 123 cm³/mol. The van der Waals surface area contributed by atoms with E-state index in [9.17, 15) is 34.5 Å². The Balaban J connectivity index is 1.94. The molecule has 9 N–H and O–H groups in total. The third kappa shape index (κ3) is 8.39. The lowest BCUT2D eigenvalue weighted by Crippen LogP contribution is -2.59. The molecule has 0 radical (unpaired) electrons. The molecule has 0 aliphatic carbocycles. The molecule has 2 rings (SSSR count). The monoisotopic (exact) mass is 490 g/mol. The molecule has 5 atom stereocenters. The van der Waals surface area contributed by atoms with Gasteiger partial charge in [-0.2, -0.15) is 0 Å². The van der Waals surface area contributed by atoms with Crippen LogP contribution in [0.25, 0.3) is 0 Å². The highest BCUT2D eigenvalue weighted by atomic mass is 16.4. The number of nitrogens with one attached hydrogen (secondary N) is 4. The highest BCUT2D eigenvalue weighted by Crippen LogP contribution is 2.11. The highest BCUT2D eigenvalue weighted by Gasteiger charge is 2.31. The summed E-state index contributed by atoms with van der Waals surface area (Å²) < 4.78 is 0. The van der Waals surface area contributed by atoms with Crippen LogP contribution in [-0.2, 0) is 32.0 Å². The van der Waals surface area contributed by atoms with E-state index >= 15 is 0 Å². The first-order valence-corrected chi connectivity index (χ1v) is 10.8. The number of aliphatic hydroxyl groups is 1. The van der Waals surface area contributed by atoms with Gasteiger partial charge in [0.2, 0.25) is 17.7 Å². The number of carbonyl (C=O) groups excluding carboxylic acids is 3. The number of benzene rings is 1. The summed E-state index contributed by atoms with van der Waals surface area (Å²) in [6.07, 6.45) is 1.55. The van der Waals surface area contributed by atoms with Crippen molar-refractivity contribution in [1.29, 1.82) is 0 Å². The van der Waals surface area contributed by atoms with E-state index in [-0.39, 0.29) is 18.6 Å². The molecule has 0 saturated carbocycles. The number of imidazole rings is 1. The summed E-state index contributed by atoms with van der Waals surface area (Å²) >= 11 is 0. The van der Waals surface area contributed by atoms with Gasteiger partial charge in [0, 0.05) is 18.3 Å². The van der Waals surface area contributed by atoms with E-state index in [1.165, 1.54) is 38.5 Å². The van der Waals surface area contributed by atoms with Gasteiger partial charge >= 0.3 is 5.97 Å². The first-order valence-electron chi connectivity index (χ1n) is 10.8. The number of aliphatic hydroxyl groups excluding tert-OH is 1. The molecule has 13 nitrogen and oxygen atoms in total. The minimum absolute atomic E-state index is 0.0486. The minimum atomic E-state index is -1.41. The molecule has 5 unspecified atom stereocenters. The Morgan fingerprint density at radius 1 is 1.00 bits per heavy atom. The molecule has 0 fully saturated rings. The first kappa shape index (κ1) is 27.3. The number of phenols is 1. The van der Waals surface area contributed by atoms with Crippen molar-refractivity contribution in [1.82, 2.24) is 25.9 Å². The van der Waals surface area contributed by atoms with Gasteiger partial charge in [0.15, 0.2) is 0 Å². The fourth-order valence-electron chi connectivity index (χ4n) is 3.13. The molecule has 0 saturated heterocycles. The number of carboxylic acids is 1. The van der Waals surface area contributed by atoms with E-state index in [2.05, 4.69) is 25.9 Å². The second-order valence-electron chi connectivity index (χ2n) is 8.11. The van der Waals surface area contributed by atoms with Crippen molar-refractivity contribution in [2.24, 2.45) is 5.73 Å². The Kier molecular flexibility index (Phi) is 9.73. The molecule has 190 valence electrons. The number of aromatic amines is 1. The number of phenolic OH excluding ortho intramolecular Hbond substituents is 1. The SMILES string of the molecule is CC(NC(=O)C(NC(=O)C(N)Cc1ccc(O)cc1)C(C)O)C(=O)NC(Cc1cnc[nH]1)C(=O)O. The lowest BCUT2D eigenvalue weighted by Gasteiger charge is -2.25. The average Bonchev–Trinajstić information content (AvgIpc) is 3.30. The lowest BCUT2D eigenvalue weighted by atomic mass is 10.0. The molecule has 0 bridgehead atoms. The summed E-state index contributed by atoms with van der Waals surface area (Å²) in [6.45, 7) is 2.62. The van der Waals surface area contributed by atoms with Crippen molar-refractivity contribution in [3.8, 4) is 5.75 Å². The summed E-state index contributed by atoms with van der Waals surface area (Å²) in [6, 6.07) is 1.18. The van der Waals surface area contributed by atoms with E-state index in [1.807, 2.05) is 0 Å². The summed E-state index contributed by atoms with van der Waals surface area (Å²) in [5.41, 5.74) is 7.08. The van der Waals surface area contributed by atoms with Crippen molar-refractivity contribution >= 4 is 23.7 Å². The van der Waals surface area contributed by atoms with Crippen LogP contribution in [0.3, 0.4) is 0 Å².